The average Bonchev–Trinajstić information content (AvgIpc) is 3.15. The van der Waals surface area contributed by atoms with E-state index in [4.69, 9.17) is 42.6 Å². The van der Waals surface area contributed by atoms with Crippen molar-refractivity contribution in [2.24, 2.45) is 0 Å². The lowest BCUT2D eigenvalue weighted by atomic mass is 10.1. The van der Waals surface area contributed by atoms with Crippen molar-refractivity contribution in [3.63, 3.8) is 0 Å². The SMILES string of the molecule is CN(c1ccc(P(=S)(N2CCOCC2)N2CCOCC2)cc1)c1ccc(P(=S)(N2CCOCC2)N2CCOCC2)c2ccccc12. The Hall–Kier alpha value is -1.30. The standard InChI is InChI=1S/C33H45N5O4P2S2/c1-34(28-6-8-29(9-7-28)43(45,35-12-20-39-21-13-35)36-14-22-40-23-15-36)32-10-11-33(31-5-3-2-4-30(31)32)44(46,37-16-24-41-25-17-37)38-18-26-42-27-19-38/h2-11H,12-27H2,1H3. The summed E-state index contributed by atoms with van der Waals surface area (Å²) >= 11 is 13.4. The van der Waals surface area contributed by atoms with Crippen molar-refractivity contribution < 1.29 is 18.9 Å². The number of benzene rings is 3. The van der Waals surface area contributed by atoms with Crippen LogP contribution in [0.2, 0.25) is 0 Å². The summed E-state index contributed by atoms with van der Waals surface area (Å²) in [5.74, 6) is 0. The molecule has 0 saturated carbocycles. The number of anilines is 2. The van der Waals surface area contributed by atoms with Crippen LogP contribution in [-0.2, 0) is 42.6 Å². The molecule has 4 fully saturated rings. The van der Waals surface area contributed by atoms with E-state index in [2.05, 4.69) is 91.3 Å². The summed E-state index contributed by atoms with van der Waals surface area (Å²) in [6.07, 6.45) is -4.41. The lowest BCUT2D eigenvalue weighted by molar-refractivity contribution is 0.0589. The Morgan fingerprint density at radius 3 is 1.39 bits per heavy atom. The molecule has 4 heterocycles. The van der Waals surface area contributed by atoms with Gasteiger partial charge >= 0.3 is 0 Å². The highest BCUT2D eigenvalue weighted by molar-refractivity contribution is 8.16. The van der Waals surface area contributed by atoms with Gasteiger partial charge in [0, 0.05) is 86.8 Å². The highest BCUT2D eigenvalue weighted by Crippen LogP contribution is 2.55. The maximum Gasteiger partial charge on any atom is 0.107 e. The third kappa shape index (κ3) is 6.28. The summed E-state index contributed by atoms with van der Waals surface area (Å²) < 4.78 is 33.0. The van der Waals surface area contributed by atoms with E-state index in [9.17, 15) is 0 Å². The minimum atomic E-state index is -2.26. The van der Waals surface area contributed by atoms with E-state index in [0.717, 1.165) is 111 Å². The highest BCUT2D eigenvalue weighted by Gasteiger charge is 2.38. The van der Waals surface area contributed by atoms with E-state index in [0.29, 0.717) is 0 Å². The minimum Gasteiger partial charge on any atom is -0.379 e. The molecule has 0 amide bonds. The summed E-state index contributed by atoms with van der Waals surface area (Å²) in [5, 5.41) is 4.96. The number of fused-ring (bicyclic) bond motifs is 1. The second-order valence-electron chi connectivity index (χ2n) is 12.1. The van der Waals surface area contributed by atoms with Gasteiger partial charge in [0.25, 0.3) is 0 Å². The summed E-state index contributed by atoms with van der Waals surface area (Å²) in [4.78, 5) is 2.30. The number of morpholine rings is 4. The van der Waals surface area contributed by atoms with Gasteiger partial charge in [-0.1, -0.05) is 47.9 Å². The molecule has 9 nitrogen and oxygen atoms in total. The number of hydrogen-bond donors (Lipinski definition) is 0. The van der Waals surface area contributed by atoms with Crippen LogP contribution in [0.1, 0.15) is 0 Å². The minimum absolute atomic E-state index is 0.725. The van der Waals surface area contributed by atoms with Gasteiger partial charge in [-0.05, 0) is 41.8 Å². The third-order valence-electron chi connectivity index (χ3n) is 9.61. The largest absolute Gasteiger partial charge is 0.379 e. The van der Waals surface area contributed by atoms with Crippen LogP contribution in [0.5, 0.6) is 0 Å². The van der Waals surface area contributed by atoms with Crippen molar-refractivity contribution in [3.05, 3.63) is 60.7 Å². The lowest BCUT2D eigenvalue weighted by Crippen LogP contribution is -2.46. The molecule has 0 aliphatic carbocycles. The van der Waals surface area contributed by atoms with Crippen LogP contribution in [-0.4, -0.2) is 131 Å². The Kier molecular flexibility index (Phi) is 10.6. The Bertz CT molecular complexity index is 1550. The van der Waals surface area contributed by atoms with E-state index >= 15 is 0 Å². The quantitative estimate of drug-likeness (QED) is 0.323. The molecular weight excluding hydrogens is 656 g/mol. The number of ether oxygens (including phenoxy) is 4. The highest BCUT2D eigenvalue weighted by atomic mass is 32.4. The average molecular weight is 702 g/mol. The number of rotatable bonds is 8. The van der Waals surface area contributed by atoms with Gasteiger partial charge in [-0.25, -0.2) is 0 Å². The molecule has 0 spiro atoms. The van der Waals surface area contributed by atoms with Crippen LogP contribution in [0.3, 0.4) is 0 Å². The van der Waals surface area contributed by atoms with Crippen molar-refractivity contribution in [1.82, 2.24) is 18.7 Å². The van der Waals surface area contributed by atoms with Gasteiger partial charge < -0.3 is 23.8 Å². The van der Waals surface area contributed by atoms with Gasteiger partial charge in [0.2, 0.25) is 0 Å². The lowest BCUT2D eigenvalue weighted by Gasteiger charge is -2.46. The Morgan fingerprint density at radius 2 is 0.935 bits per heavy atom. The molecule has 248 valence electrons. The van der Waals surface area contributed by atoms with Crippen LogP contribution in [0.25, 0.3) is 10.8 Å². The topological polar surface area (TPSA) is 53.1 Å². The molecular formula is C33H45N5O4P2S2. The molecule has 4 saturated heterocycles. The van der Waals surface area contributed by atoms with E-state index in [-0.39, 0.29) is 0 Å². The molecule has 46 heavy (non-hydrogen) atoms. The Balaban J connectivity index is 1.24. The smallest absolute Gasteiger partial charge is 0.107 e. The second-order valence-corrected chi connectivity index (χ2v) is 20.6. The van der Waals surface area contributed by atoms with Gasteiger partial charge in [0.15, 0.2) is 0 Å². The molecule has 0 atom stereocenters. The van der Waals surface area contributed by atoms with Gasteiger partial charge in [0.1, 0.15) is 12.7 Å². The summed E-state index contributed by atoms with van der Waals surface area (Å²) in [5.41, 5.74) is 2.30. The monoisotopic (exact) mass is 701 g/mol. The molecule has 7 rings (SSSR count). The Labute approximate surface area is 283 Å². The molecule has 4 aliphatic heterocycles. The van der Waals surface area contributed by atoms with Crippen LogP contribution >= 0.6 is 12.7 Å². The van der Waals surface area contributed by atoms with Crippen molar-refractivity contribution >= 4 is 69.0 Å². The summed E-state index contributed by atoms with van der Waals surface area (Å²) in [6.45, 7) is 12.8. The molecule has 3 aromatic rings. The predicted molar refractivity (Wildman–Crippen MR) is 196 cm³/mol. The zero-order valence-corrected chi connectivity index (χ0v) is 30.1. The van der Waals surface area contributed by atoms with Gasteiger partial charge in [-0.2, -0.15) is 0 Å². The maximum atomic E-state index is 6.80. The third-order valence-corrected chi connectivity index (χ3v) is 20.3. The van der Waals surface area contributed by atoms with Crippen LogP contribution in [0, 0.1) is 0 Å². The predicted octanol–water partition coefficient (Wildman–Crippen LogP) is 3.81. The van der Waals surface area contributed by atoms with Crippen molar-refractivity contribution in [2.45, 2.75) is 0 Å². The van der Waals surface area contributed by atoms with Crippen LogP contribution in [0.4, 0.5) is 11.4 Å². The number of hydrogen-bond acceptors (Lipinski definition) is 7. The molecule has 3 aromatic carbocycles. The molecule has 0 unspecified atom stereocenters. The number of nitrogens with zero attached hydrogens (tertiary/aromatic N) is 5. The molecule has 0 bridgehead atoms. The van der Waals surface area contributed by atoms with Gasteiger partial charge in [-0.15, -0.1) is 0 Å². The van der Waals surface area contributed by atoms with Gasteiger partial charge in [-0.3, -0.25) is 18.7 Å². The molecule has 0 N–H and O–H groups in total. The first kappa shape index (κ1) is 33.2. The second kappa shape index (κ2) is 14.7. The molecule has 4 aliphatic rings. The first-order valence-corrected chi connectivity index (χ1v) is 21.8. The van der Waals surface area contributed by atoms with Crippen LogP contribution < -0.4 is 15.5 Å². The fourth-order valence-electron chi connectivity index (χ4n) is 7.11. The first-order chi connectivity index (χ1) is 22.5. The zero-order valence-electron chi connectivity index (χ0n) is 26.7. The van der Waals surface area contributed by atoms with E-state index in [1.54, 1.807) is 0 Å². The van der Waals surface area contributed by atoms with Gasteiger partial charge in [0.05, 0.1) is 52.9 Å². The maximum absolute atomic E-state index is 6.80. The summed E-state index contributed by atoms with van der Waals surface area (Å²) in [6, 6.07) is 22.4. The van der Waals surface area contributed by atoms with Crippen molar-refractivity contribution in [2.75, 3.05) is 117 Å². The molecule has 0 radical (unpaired) electrons. The van der Waals surface area contributed by atoms with E-state index in [1.807, 2.05) is 0 Å². The van der Waals surface area contributed by atoms with Crippen molar-refractivity contribution in [3.8, 4) is 0 Å². The Morgan fingerprint density at radius 1 is 0.522 bits per heavy atom. The van der Waals surface area contributed by atoms with E-state index in [1.165, 1.54) is 27.1 Å². The van der Waals surface area contributed by atoms with E-state index < -0.39 is 12.7 Å². The zero-order chi connectivity index (χ0) is 31.6. The molecule has 0 aromatic heterocycles. The van der Waals surface area contributed by atoms with Crippen LogP contribution in [0.15, 0.2) is 60.7 Å². The summed E-state index contributed by atoms with van der Waals surface area (Å²) in [7, 11) is 2.16. The van der Waals surface area contributed by atoms with Crippen molar-refractivity contribution in [1.29, 1.82) is 0 Å². The fourth-order valence-corrected chi connectivity index (χ4v) is 16.0. The fraction of sp³-hybridized carbons (Fsp3) is 0.515. The first-order valence-electron chi connectivity index (χ1n) is 16.4. The normalized spacial score (nSPS) is 21.8. The molecule has 13 heteroatoms.